The van der Waals surface area contributed by atoms with Crippen molar-refractivity contribution in [3.63, 3.8) is 0 Å². The van der Waals surface area contributed by atoms with Crippen molar-refractivity contribution in [1.82, 2.24) is 9.97 Å². The average Bonchev–Trinajstić information content (AvgIpc) is 2.41. The van der Waals surface area contributed by atoms with Gasteiger partial charge in [-0.05, 0) is 31.0 Å². The zero-order valence-corrected chi connectivity index (χ0v) is 10.5. The fourth-order valence-corrected chi connectivity index (χ4v) is 1.54. The number of nitrogens with zero attached hydrogens (tertiary/aromatic N) is 2. The van der Waals surface area contributed by atoms with E-state index in [1.165, 1.54) is 5.56 Å². The maximum absolute atomic E-state index is 5.72. The lowest BCUT2D eigenvalue weighted by molar-refractivity contribution is 0.298. The van der Waals surface area contributed by atoms with E-state index in [1.54, 1.807) is 12.4 Å². The van der Waals surface area contributed by atoms with Gasteiger partial charge in [-0.25, -0.2) is 10.8 Å². The van der Waals surface area contributed by atoms with Crippen molar-refractivity contribution in [2.45, 2.75) is 20.5 Å². The molecule has 2 rings (SSSR count). The van der Waals surface area contributed by atoms with E-state index in [4.69, 9.17) is 10.6 Å². The molecule has 1 heterocycles. The van der Waals surface area contributed by atoms with Crippen LogP contribution in [0.1, 0.15) is 16.8 Å². The molecule has 94 valence electrons. The summed E-state index contributed by atoms with van der Waals surface area (Å²) in [5.41, 5.74) is 5.54. The van der Waals surface area contributed by atoms with Gasteiger partial charge in [0.25, 0.3) is 0 Å². The summed E-state index contributed by atoms with van der Waals surface area (Å²) in [4.78, 5) is 8.26. The van der Waals surface area contributed by atoms with Crippen LogP contribution in [0.5, 0.6) is 5.75 Å². The van der Waals surface area contributed by atoms with Crippen LogP contribution in [0.4, 0.5) is 5.82 Å². The standard InChI is InChI=1S/C13H16N4O/c1-9-4-3-5-12(10(9)2)18-8-11-6-16-13(17-14)7-15-11/h3-7H,8,14H2,1-2H3,(H,16,17). The fourth-order valence-electron chi connectivity index (χ4n) is 1.54. The van der Waals surface area contributed by atoms with Crippen molar-refractivity contribution in [2.75, 3.05) is 5.43 Å². The lowest BCUT2D eigenvalue weighted by Gasteiger charge is -2.10. The van der Waals surface area contributed by atoms with Crippen LogP contribution in [0.15, 0.2) is 30.6 Å². The molecule has 0 amide bonds. The number of aryl methyl sites for hydroxylation is 1. The highest BCUT2D eigenvalue weighted by molar-refractivity contribution is 5.38. The van der Waals surface area contributed by atoms with Crippen molar-refractivity contribution in [3.8, 4) is 5.75 Å². The highest BCUT2D eigenvalue weighted by atomic mass is 16.5. The molecule has 0 aliphatic heterocycles. The zero-order valence-electron chi connectivity index (χ0n) is 10.5. The number of aromatic nitrogens is 2. The number of benzene rings is 1. The first-order valence-corrected chi connectivity index (χ1v) is 5.67. The van der Waals surface area contributed by atoms with Crippen LogP contribution in [0.2, 0.25) is 0 Å². The third kappa shape index (κ3) is 2.75. The minimum absolute atomic E-state index is 0.391. The summed E-state index contributed by atoms with van der Waals surface area (Å²) in [5, 5.41) is 0. The van der Waals surface area contributed by atoms with Crippen LogP contribution in [0, 0.1) is 13.8 Å². The Kier molecular flexibility index (Phi) is 3.74. The molecule has 5 heteroatoms. The molecule has 0 atom stereocenters. The maximum Gasteiger partial charge on any atom is 0.158 e. The Morgan fingerprint density at radius 1 is 1.22 bits per heavy atom. The summed E-state index contributed by atoms with van der Waals surface area (Å²) in [6.07, 6.45) is 3.21. The average molecular weight is 244 g/mol. The smallest absolute Gasteiger partial charge is 0.158 e. The van der Waals surface area contributed by atoms with Gasteiger partial charge in [-0.2, -0.15) is 0 Å². The fraction of sp³-hybridized carbons (Fsp3) is 0.231. The third-order valence-electron chi connectivity index (χ3n) is 2.78. The molecule has 0 radical (unpaired) electrons. The van der Waals surface area contributed by atoms with Crippen molar-refractivity contribution in [1.29, 1.82) is 0 Å². The second-order valence-corrected chi connectivity index (χ2v) is 4.02. The van der Waals surface area contributed by atoms with Crippen LogP contribution in [0.3, 0.4) is 0 Å². The van der Waals surface area contributed by atoms with Gasteiger partial charge in [-0.15, -0.1) is 0 Å². The molecule has 0 aliphatic rings. The van der Waals surface area contributed by atoms with E-state index in [0.717, 1.165) is 17.0 Å². The van der Waals surface area contributed by atoms with Crippen LogP contribution in [0.25, 0.3) is 0 Å². The molecule has 0 saturated heterocycles. The molecule has 0 saturated carbocycles. The molecule has 0 bridgehead atoms. The molecule has 0 spiro atoms. The number of nitrogen functional groups attached to an aromatic ring is 1. The van der Waals surface area contributed by atoms with Gasteiger partial charge in [-0.3, -0.25) is 4.98 Å². The second-order valence-electron chi connectivity index (χ2n) is 4.02. The Hall–Kier alpha value is -2.14. The lowest BCUT2D eigenvalue weighted by atomic mass is 10.1. The van der Waals surface area contributed by atoms with Crippen molar-refractivity contribution < 1.29 is 4.74 Å². The molecule has 1 aromatic carbocycles. The quantitative estimate of drug-likeness (QED) is 0.635. The molecule has 0 fully saturated rings. The summed E-state index contributed by atoms with van der Waals surface area (Å²) in [6.45, 7) is 4.49. The van der Waals surface area contributed by atoms with Gasteiger partial charge in [0, 0.05) is 0 Å². The number of nitrogens with two attached hydrogens (primary N) is 1. The van der Waals surface area contributed by atoms with Gasteiger partial charge < -0.3 is 10.2 Å². The van der Waals surface area contributed by atoms with E-state index < -0.39 is 0 Å². The molecule has 1 aromatic heterocycles. The van der Waals surface area contributed by atoms with E-state index in [0.29, 0.717) is 12.4 Å². The SMILES string of the molecule is Cc1cccc(OCc2cnc(NN)cn2)c1C. The molecular weight excluding hydrogens is 228 g/mol. The second kappa shape index (κ2) is 5.46. The van der Waals surface area contributed by atoms with Crippen molar-refractivity contribution >= 4 is 5.82 Å². The normalized spacial score (nSPS) is 10.2. The Labute approximate surface area is 106 Å². The number of hydrogen-bond donors (Lipinski definition) is 2. The Morgan fingerprint density at radius 2 is 2.06 bits per heavy atom. The van der Waals surface area contributed by atoms with Crippen LogP contribution in [-0.2, 0) is 6.61 Å². The molecule has 2 aromatic rings. The highest BCUT2D eigenvalue weighted by Crippen LogP contribution is 2.21. The molecule has 5 nitrogen and oxygen atoms in total. The maximum atomic E-state index is 5.72. The van der Waals surface area contributed by atoms with Crippen molar-refractivity contribution in [2.24, 2.45) is 5.84 Å². The summed E-state index contributed by atoms with van der Waals surface area (Å²) < 4.78 is 5.72. The van der Waals surface area contributed by atoms with Gasteiger partial charge in [0.15, 0.2) is 5.82 Å². The summed E-state index contributed by atoms with van der Waals surface area (Å²) in [6, 6.07) is 5.99. The predicted molar refractivity (Wildman–Crippen MR) is 70.1 cm³/mol. The van der Waals surface area contributed by atoms with Gasteiger partial charge in [0.2, 0.25) is 0 Å². The first-order chi connectivity index (χ1) is 8.70. The minimum atomic E-state index is 0.391. The summed E-state index contributed by atoms with van der Waals surface area (Å²) in [7, 11) is 0. The van der Waals surface area contributed by atoms with E-state index in [1.807, 2.05) is 19.1 Å². The van der Waals surface area contributed by atoms with E-state index >= 15 is 0 Å². The number of rotatable bonds is 4. The first kappa shape index (κ1) is 12.3. The highest BCUT2D eigenvalue weighted by Gasteiger charge is 2.03. The number of anilines is 1. The van der Waals surface area contributed by atoms with Gasteiger partial charge in [0.1, 0.15) is 12.4 Å². The van der Waals surface area contributed by atoms with E-state index in [-0.39, 0.29) is 0 Å². The number of hydrazine groups is 1. The van der Waals surface area contributed by atoms with Crippen LogP contribution < -0.4 is 16.0 Å². The minimum Gasteiger partial charge on any atom is -0.487 e. The largest absolute Gasteiger partial charge is 0.487 e. The lowest BCUT2D eigenvalue weighted by Crippen LogP contribution is -2.09. The van der Waals surface area contributed by atoms with E-state index in [2.05, 4.69) is 28.4 Å². The Bertz CT molecular complexity index is 525. The monoisotopic (exact) mass is 244 g/mol. The van der Waals surface area contributed by atoms with Gasteiger partial charge >= 0.3 is 0 Å². The van der Waals surface area contributed by atoms with Gasteiger partial charge in [0.05, 0.1) is 18.1 Å². The number of hydrogen-bond acceptors (Lipinski definition) is 5. The molecule has 3 N–H and O–H groups in total. The molecule has 0 unspecified atom stereocenters. The summed E-state index contributed by atoms with van der Waals surface area (Å²) >= 11 is 0. The number of ether oxygens (including phenoxy) is 1. The number of nitrogens with one attached hydrogen (secondary N) is 1. The molecule has 0 aliphatic carbocycles. The van der Waals surface area contributed by atoms with E-state index in [9.17, 15) is 0 Å². The topological polar surface area (TPSA) is 73.1 Å². The zero-order chi connectivity index (χ0) is 13.0. The first-order valence-electron chi connectivity index (χ1n) is 5.67. The molecule has 18 heavy (non-hydrogen) atoms. The molecular formula is C13H16N4O. The van der Waals surface area contributed by atoms with Crippen molar-refractivity contribution in [3.05, 3.63) is 47.4 Å². The Morgan fingerprint density at radius 3 is 2.72 bits per heavy atom. The predicted octanol–water partition coefficient (Wildman–Crippen LogP) is 1.96. The Balaban J connectivity index is 2.04. The van der Waals surface area contributed by atoms with Crippen LogP contribution >= 0.6 is 0 Å². The summed E-state index contributed by atoms with van der Waals surface area (Å²) in [5.74, 6) is 6.62. The third-order valence-corrected chi connectivity index (χ3v) is 2.78. The van der Waals surface area contributed by atoms with Crippen LogP contribution in [-0.4, -0.2) is 9.97 Å². The van der Waals surface area contributed by atoms with Gasteiger partial charge in [-0.1, -0.05) is 12.1 Å².